The molecular formula is C20H26FN3O2. The second-order valence-electron chi connectivity index (χ2n) is 7.18. The number of methoxy groups -OCH3 is 1. The van der Waals surface area contributed by atoms with Gasteiger partial charge in [0, 0.05) is 36.6 Å². The van der Waals surface area contributed by atoms with E-state index < -0.39 is 0 Å². The molecule has 1 aliphatic heterocycles. The van der Waals surface area contributed by atoms with Crippen LogP contribution in [-0.4, -0.2) is 37.4 Å². The van der Waals surface area contributed by atoms with E-state index in [1.54, 1.807) is 19.4 Å². The van der Waals surface area contributed by atoms with Gasteiger partial charge in [-0.15, -0.1) is 0 Å². The van der Waals surface area contributed by atoms with Crippen molar-refractivity contribution in [2.24, 2.45) is 0 Å². The van der Waals surface area contributed by atoms with Crippen molar-refractivity contribution >= 4 is 11.4 Å². The van der Waals surface area contributed by atoms with Gasteiger partial charge in [0.15, 0.2) is 0 Å². The van der Waals surface area contributed by atoms with Crippen molar-refractivity contribution in [1.29, 1.82) is 0 Å². The van der Waals surface area contributed by atoms with Gasteiger partial charge in [-0.2, -0.15) is 0 Å². The van der Waals surface area contributed by atoms with Crippen molar-refractivity contribution in [2.75, 3.05) is 37.0 Å². The Bertz CT molecular complexity index is 766. The van der Waals surface area contributed by atoms with E-state index in [-0.39, 0.29) is 17.5 Å². The molecular weight excluding hydrogens is 333 g/mol. The van der Waals surface area contributed by atoms with E-state index in [4.69, 9.17) is 9.47 Å². The van der Waals surface area contributed by atoms with E-state index >= 15 is 0 Å². The molecule has 0 amide bonds. The van der Waals surface area contributed by atoms with Crippen LogP contribution in [0.25, 0.3) is 0 Å². The van der Waals surface area contributed by atoms with Crippen LogP contribution in [0.15, 0.2) is 36.7 Å². The third-order valence-corrected chi connectivity index (χ3v) is 4.62. The molecule has 26 heavy (non-hydrogen) atoms. The summed E-state index contributed by atoms with van der Waals surface area (Å²) in [5, 5.41) is 3.33. The van der Waals surface area contributed by atoms with Crippen LogP contribution in [0, 0.1) is 5.82 Å². The van der Waals surface area contributed by atoms with E-state index in [0.29, 0.717) is 12.2 Å². The zero-order valence-corrected chi connectivity index (χ0v) is 15.8. The molecule has 1 aliphatic rings. The molecule has 0 radical (unpaired) electrons. The van der Waals surface area contributed by atoms with Gasteiger partial charge in [0.05, 0.1) is 37.2 Å². The highest BCUT2D eigenvalue weighted by molar-refractivity contribution is 5.65. The minimum absolute atomic E-state index is 0.171. The van der Waals surface area contributed by atoms with E-state index in [1.165, 1.54) is 6.20 Å². The summed E-state index contributed by atoms with van der Waals surface area (Å²) in [5.41, 5.74) is 2.32. The SMILES string of the molecule is COc1cc(N2CCOC(C)(C)C2)ccc1NC(C)c1ccncc1F. The number of morpholine rings is 1. The summed E-state index contributed by atoms with van der Waals surface area (Å²) in [7, 11) is 1.64. The normalized spacial score (nSPS) is 17.7. The highest BCUT2D eigenvalue weighted by Crippen LogP contribution is 2.34. The first-order chi connectivity index (χ1) is 12.4. The van der Waals surface area contributed by atoms with Gasteiger partial charge in [-0.3, -0.25) is 4.98 Å². The van der Waals surface area contributed by atoms with Crippen LogP contribution < -0.4 is 15.0 Å². The quantitative estimate of drug-likeness (QED) is 0.874. The van der Waals surface area contributed by atoms with Crippen LogP contribution in [-0.2, 0) is 4.74 Å². The first-order valence-corrected chi connectivity index (χ1v) is 8.82. The number of aromatic nitrogens is 1. The molecule has 3 rings (SSSR count). The van der Waals surface area contributed by atoms with Crippen LogP contribution in [0.3, 0.4) is 0 Å². The molecule has 1 fully saturated rings. The molecule has 1 aromatic carbocycles. The fourth-order valence-corrected chi connectivity index (χ4v) is 3.28. The molecule has 5 nitrogen and oxygen atoms in total. The zero-order chi connectivity index (χ0) is 18.7. The Hall–Kier alpha value is -2.34. The van der Waals surface area contributed by atoms with Crippen LogP contribution in [0.4, 0.5) is 15.8 Å². The summed E-state index contributed by atoms with van der Waals surface area (Å²) in [4.78, 5) is 6.09. The van der Waals surface area contributed by atoms with Gasteiger partial charge in [-0.25, -0.2) is 4.39 Å². The van der Waals surface area contributed by atoms with Crippen molar-refractivity contribution < 1.29 is 13.9 Å². The van der Waals surface area contributed by atoms with E-state index in [2.05, 4.69) is 35.1 Å². The lowest BCUT2D eigenvalue weighted by molar-refractivity contribution is -0.0277. The molecule has 1 N–H and O–H groups in total. The number of hydrogen-bond donors (Lipinski definition) is 1. The molecule has 6 heteroatoms. The van der Waals surface area contributed by atoms with E-state index in [1.807, 2.05) is 19.1 Å². The van der Waals surface area contributed by atoms with Gasteiger partial charge in [-0.1, -0.05) is 0 Å². The largest absolute Gasteiger partial charge is 0.495 e. The molecule has 0 saturated carbocycles. The van der Waals surface area contributed by atoms with Crippen LogP contribution in [0.5, 0.6) is 5.75 Å². The lowest BCUT2D eigenvalue weighted by Gasteiger charge is -2.39. The number of benzene rings is 1. The summed E-state index contributed by atoms with van der Waals surface area (Å²) < 4.78 is 25.3. The van der Waals surface area contributed by atoms with Gasteiger partial charge in [-0.05, 0) is 39.0 Å². The molecule has 140 valence electrons. The third kappa shape index (κ3) is 4.07. The minimum Gasteiger partial charge on any atom is -0.495 e. The van der Waals surface area contributed by atoms with Gasteiger partial charge in [0.2, 0.25) is 0 Å². The first kappa shape index (κ1) is 18.5. The van der Waals surface area contributed by atoms with E-state index in [0.717, 1.165) is 30.2 Å². The van der Waals surface area contributed by atoms with Crippen molar-refractivity contribution in [2.45, 2.75) is 32.4 Å². The summed E-state index contributed by atoms with van der Waals surface area (Å²) in [6.45, 7) is 8.47. The van der Waals surface area contributed by atoms with Crippen LogP contribution in [0.2, 0.25) is 0 Å². The molecule has 1 saturated heterocycles. The smallest absolute Gasteiger partial charge is 0.146 e. The fraction of sp³-hybridized carbons (Fsp3) is 0.450. The maximum Gasteiger partial charge on any atom is 0.146 e. The van der Waals surface area contributed by atoms with Crippen molar-refractivity contribution in [3.05, 3.63) is 48.0 Å². The third-order valence-electron chi connectivity index (χ3n) is 4.62. The van der Waals surface area contributed by atoms with Gasteiger partial charge in [0.1, 0.15) is 11.6 Å². The van der Waals surface area contributed by atoms with Gasteiger partial charge < -0.3 is 19.7 Å². The molecule has 2 heterocycles. The predicted molar refractivity (Wildman–Crippen MR) is 101 cm³/mol. The maximum atomic E-state index is 14.0. The number of pyridine rings is 1. The number of nitrogens with one attached hydrogen (secondary N) is 1. The summed E-state index contributed by atoms with van der Waals surface area (Å²) in [6, 6.07) is 7.52. The molecule has 1 unspecified atom stereocenters. The predicted octanol–water partition coefficient (Wildman–Crippen LogP) is 4.02. The Morgan fingerprint density at radius 3 is 2.85 bits per heavy atom. The Morgan fingerprint density at radius 2 is 2.15 bits per heavy atom. The molecule has 0 spiro atoms. The monoisotopic (exact) mass is 359 g/mol. The van der Waals surface area contributed by atoms with Gasteiger partial charge in [0.25, 0.3) is 0 Å². The van der Waals surface area contributed by atoms with E-state index in [9.17, 15) is 4.39 Å². The number of rotatable bonds is 5. The number of hydrogen-bond acceptors (Lipinski definition) is 5. The average molecular weight is 359 g/mol. The highest BCUT2D eigenvalue weighted by atomic mass is 19.1. The second kappa shape index (κ2) is 7.50. The molecule has 2 aromatic rings. The lowest BCUT2D eigenvalue weighted by atomic mass is 10.1. The Balaban J connectivity index is 1.80. The number of ether oxygens (including phenoxy) is 2. The Labute approximate surface area is 154 Å². The maximum absolute atomic E-state index is 14.0. The number of halogens is 1. The summed E-state index contributed by atoms with van der Waals surface area (Å²) in [5.74, 6) is 0.409. The van der Waals surface area contributed by atoms with Crippen molar-refractivity contribution in [3.63, 3.8) is 0 Å². The summed E-state index contributed by atoms with van der Waals surface area (Å²) >= 11 is 0. The Kier molecular flexibility index (Phi) is 5.32. The standard InChI is InChI=1S/C20H26FN3O2/c1-14(16-7-8-22-12-17(16)21)23-18-6-5-15(11-19(18)25-4)24-9-10-26-20(2,3)13-24/h5-8,11-12,14,23H,9-10,13H2,1-4H3. The van der Waals surface area contributed by atoms with Crippen molar-refractivity contribution in [3.8, 4) is 5.75 Å². The molecule has 1 atom stereocenters. The summed E-state index contributed by atoms with van der Waals surface area (Å²) in [6.07, 6.45) is 2.82. The topological polar surface area (TPSA) is 46.6 Å². The molecule has 0 aliphatic carbocycles. The molecule has 0 bridgehead atoms. The second-order valence-corrected chi connectivity index (χ2v) is 7.18. The van der Waals surface area contributed by atoms with Crippen LogP contribution in [0.1, 0.15) is 32.4 Å². The molecule has 1 aromatic heterocycles. The Morgan fingerprint density at radius 1 is 1.35 bits per heavy atom. The first-order valence-electron chi connectivity index (χ1n) is 8.82. The number of anilines is 2. The zero-order valence-electron chi connectivity index (χ0n) is 15.8. The minimum atomic E-state index is -0.321. The number of nitrogens with zero attached hydrogens (tertiary/aromatic N) is 2. The fourth-order valence-electron chi connectivity index (χ4n) is 3.28. The van der Waals surface area contributed by atoms with Crippen LogP contribution >= 0.6 is 0 Å². The average Bonchev–Trinajstić information content (AvgIpc) is 2.61. The lowest BCUT2D eigenvalue weighted by Crippen LogP contribution is -2.48. The van der Waals surface area contributed by atoms with Crippen molar-refractivity contribution in [1.82, 2.24) is 4.98 Å². The highest BCUT2D eigenvalue weighted by Gasteiger charge is 2.27. The van der Waals surface area contributed by atoms with Gasteiger partial charge >= 0.3 is 0 Å².